The average Bonchev–Trinajstić information content (AvgIpc) is 2.85. The van der Waals surface area contributed by atoms with Gasteiger partial charge in [0.05, 0.1) is 0 Å². The van der Waals surface area contributed by atoms with E-state index in [-0.39, 0.29) is 24.0 Å². The Labute approximate surface area is 185 Å². The van der Waals surface area contributed by atoms with Gasteiger partial charge < -0.3 is 9.64 Å². The number of hydrogen-bond donors (Lipinski definition) is 0. The van der Waals surface area contributed by atoms with Crippen molar-refractivity contribution in [2.24, 2.45) is 0 Å². The average molecular weight is 429 g/mol. The smallest absolute Gasteiger partial charge is 0.225 e. The zero-order chi connectivity index (χ0) is 22.3. The molecule has 1 saturated heterocycles. The largest absolute Gasteiger partial charge is 0.487 e. The molecule has 0 amide bonds. The number of halogens is 1. The Bertz CT molecular complexity index is 1180. The van der Waals surface area contributed by atoms with Gasteiger partial charge in [0.25, 0.3) is 0 Å². The molecule has 0 bridgehead atoms. The number of ether oxygens (including phenoxy) is 1. The van der Waals surface area contributed by atoms with Crippen LogP contribution in [0.1, 0.15) is 34.5 Å². The Hall–Kier alpha value is -4.05. The molecule has 0 atom stereocenters. The number of rotatable bonds is 5. The van der Waals surface area contributed by atoms with Crippen molar-refractivity contribution in [3.05, 3.63) is 83.3 Å². The van der Waals surface area contributed by atoms with E-state index in [9.17, 15) is 14.0 Å². The van der Waals surface area contributed by atoms with E-state index in [0.29, 0.717) is 16.8 Å². The number of piperidine rings is 1. The third kappa shape index (κ3) is 5.16. The minimum absolute atomic E-state index is 0.0388. The summed E-state index contributed by atoms with van der Waals surface area (Å²) < 4.78 is 19.6. The van der Waals surface area contributed by atoms with E-state index in [1.165, 1.54) is 6.07 Å². The second-order valence-corrected chi connectivity index (χ2v) is 7.32. The molecule has 2 aromatic carbocycles. The Morgan fingerprint density at radius 1 is 1.03 bits per heavy atom. The summed E-state index contributed by atoms with van der Waals surface area (Å²) in [7, 11) is 0. The Morgan fingerprint density at radius 2 is 1.84 bits per heavy atom. The number of carbonyl (C=O) groups excluding carboxylic acids is 2. The van der Waals surface area contributed by atoms with Crippen LogP contribution in [0.3, 0.4) is 0 Å². The molecular weight excluding hydrogens is 409 g/mol. The normalized spacial score (nSPS) is 13.7. The SMILES string of the molecule is O=CC(=O)c1cccc(C#Cc2ccc(N3CCC(Oc4ccccc4F)CC3)nn2)c1. The number of anilines is 1. The third-order valence-electron chi connectivity index (χ3n) is 5.14. The van der Waals surface area contributed by atoms with Crippen LogP contribution in [0, 0.1) is 17.7 Å². The maximum absolute atomic E-state index is 13.8. The quantitative estimate of drug-likeness (QED) is 0.268. The van der Waals surface area contributed by atoms with Crippen molar-refractivity contribution in [2.75, 3.05) is 18.0 Å². The predicted octanol–water partition coefficient (Wildman–Crippen LogP) is 3.44. The van der Waals surface area contributed by atoms with Gasteiger partial charge in [-0.3, -0.25) is 9.59 Å². The Morgan fingerprint density at radius 3 is 2.56 bits per heavy atom. The first-order chi connectivity index (χ1) is 15.6. The second kappa shape index (κ2) is 9.84. The van der Waals surface area contributed by atoms with Gasteiger partial charge in [-0.05, 0) is 42.3 Å². The number of aromatic nitrogens is 2. The lowest BCUT2D eigenvalue weighted by Gasteiger charge is -2.32. The number of Topliss-reactive ketones (excluding diaryl/α,β-unsaturated/α-hetero) is 1. The van der Waals surface area contributed by atoms with Crippen molar-refractivity contribution in [2.45, 2.75) is 18.9 Å². The molecule has 0 unspecified atom stereocenters. The van der Waals surface area contributed by atoms with Crippen LogP contribution in [0.25, 0.3) is 0 Å². The number of nitrogens with zero attached hydrogens (tertiary/aromatic N) is 3. The highest BCUT2D eigenvalue weighted by molar-refractivity contribution is 6.33. The molecule has 4 rings (SSSR count). The van der Waals surface area contributed by atoms with Crippen LogP contribution < -0.4 is 9.64 Å². The molecule has 1 aliphatic heterocycles. The van der Waals surface area contributed by atoms with Gasteiger partial charge in [0.15, 0.2) is 23.7 Å². The van der Waals surface area contributed by atoms with Crippen molar-refractivity contribution in [3.8, 4) is 17.6 Å². The highest BCUT2D eigenvalue weighted by Crippen LogP contribution is 2.23. The van der Waals surface area contributed by atoms with Gasteiger partial charge in [-0.15, -0.1) is 10.2 Å². The maximum Gasteiger partial charge on any atom is 0.225 e. The van der Waals surface area contributed by atoms with Crippen LogP contribution in [-0.2, 0) is 4.79 Å². The molecule has 1 fully saturated rings. The molecule has 2 heterocycles. The van der Waals surface area contributed by atoms with E-state index in [2.05, 4.69) is 26.9 Å². The molecule has 0 spiro atoms. The molecule has 6 nitrogen and oxygen atoms in total. The van der Waals surface area contributed by atoms with Crippen molar-refractivity contribution >= 4 is 17.9 Å². The van der Waals surface area contributed by atoms with Gasteiger partial charge in [0.2, 0.25) is 5.78 Å². The molecular formula is C25H20FN3O3. The molecule has 0 saturated carbocycles. The van der Waals surface area contributed by atoms with Crippen LogP contribution in [0.4, 0.5) is 10.2 Å². The summed E-state index contributed by atoms with van der Waals surface area (Å²) in [5.74, 6) is 5.95. The number of benzene rings is 2. The molecule has 0 radical (unpaired) electrons. The van der Waals surface area contributed by atoms with E-state index < -0.39 is 5.78 Å². The minimum Gasteiger partial charge on any atom is -0.487 e. The molecule has 1 aromatic heterocycles. The summed E-state index contributed by atoms with van der Waals surface area (Å²) in [5.41, 5.74) is 1.41. The molecule has 1 aliphatic rings. The standard InChI is InChI=1S/C25H20FN3O3/c26-22-6-1-2-7-24(22)32-21-12-14-29(15-13-21)25-11-10-20(27-28-25)9-8-18-4-3-5-19(16-18)23(31)17-30/h1-7,10-11,16-17,21H,12-15H2. The van der Waals surface area contributed by atoms with Crippen molar-refractivity contribution in [1.29, 1.82) is 0 Å². The molecule has 0 N–H and O–H groups in total. The monoisotopic (exact) mass is 429 g/mol. The predicted molar refractivity (Wildman–Crippen MR) is 117 cm³/mol. The van der Waals surface area contributed by atoms with E-state index in [1.807, 2.05) is 6.07 Å². The Kier molecular flexibility index (Phi) is 6.52. The second-order valence-electron chi connectivity index (χ2n) is 7.32. The van der Waals surface area contributed by atoms with Crippen LogP contribution in [-0.4, -0.2) is 41.5 Å². The number of hydrogen-bond acceptors (Lipinski definition) is 6. The number of ketones is 1. The first kappa shape index (κ1) is 21.2. The fourth-order valence-corrected chi connectivity index (χ4v) is 3.44. The summed E-state index contributed by atoms with van der Waals surface area (Å²) in [5, 5.41) is 8.44. The van der Waals surface area contributed by atoms with Crippen molar-refractivity contribution in [1.82, 2.24) is 10.2 Å². The van der Waals surface area contributed by atoms with E-state index in [0.717, 1.165) is 31.7 Å². The van der Waals surface area contributed by atoms with Gasteiger partial charge in [0, 0.05) is 37.1 Å². The van der Waals surface area contributed by atoms with E-state index in [4.69, 9.17) is 4.74 Å². The highest BCUT2D eigenvalue weighted by atomic mass is 19.1. The summed E-state index contributed by atoms with van der Waals surface area (Å²) >= 11 is 0. The van der Waals surface area contributed by atoms with Gasteiger partial charge in [-0.25, -0.2) is 4.39 Å². The van der Waals surface area contributed by atoms with Gasteiger partial charge >= 0.3 is 0 Å². The Balaban J connectivity index is 1.35. The lowest BCUT2D eigenvalue weighted by atomic mass is 10.1. The molecule has 7 heteroatoms. The highest BCUT2D eigenvalue weighted by Gasteiger charge is 2.22. The van der Waals surface area contributed by atoms with Gasteiger partial charge in [-0.1, -0.05) is 30.2 Å². The fraction of sp³-hybridized carbons (Fsp3) is 0.200. The number of carbonyl (C=O) groups is 2. The summed E-state index contributed by atoms with van der Waals surface area (Å²) in [6.07, 6.45) is 1.76. The van der Waals surface area contributed by atoms with Crippen molar-refractivity contribution in [3.63, 3.8) is 0 Å². The summed E-state index contributed by atoms with van der Waals surface area (Å²) in [6, 6.07) is 16.7. The van der Waals surface area contributed by atoms with Crippen LogP contribution >= 0.6 is 0 Å². The molecule has 0 aliphatic carbocycles. The summed E-state index contributed by atoms with van der Waals surface area (Å²) in [4.78, 5) is 24.2. The number of para-hydroxylation sites is 1. The lowest BCUT2D eigenvalue weighted by Crippen LogP contribution is -2.38. The van der Waals surface area contributed by atoms with Crippen LogP contribution in [0.15, 0.2) is 60.7 Å². The lowest BCUT2D eigenvalue weighted by molar-refractivity contribution is -0.104. The van der Waals surface area contributed by atoms with Crippen molar-refractivity contribution < 1.29 is 18.7 Å². The van der Waals surface area contributed by atoms with Gasteiger partial charge in [-0.2, -0.15) is 0 Å². The summed E-state index contributed by atoms with van der Waals surface area (Å²) in [6.45, 7) is 1.47. The first-order valence-electron chi connectivity index (χ1n) is 10.2. The molecule has 32 heavy (non-hydrogen) atoms. The van der Waals surface area contributed by atoms with Gasteiger partial charge in [0.1, 0.15) is 11.8 Å². The fourth-order valence-electron chi connectivity index (χ4n) is 3.44. The van der Waals surface area contributed by atoms with E-state index >= 15 is 0 Å². The zero-order valence-corrected chi connectivity index (χ0v) is 17.2. The maximum atomic E-state index is 13.8. The molecule has 160 valence electrons. The molecule has 3 aromatic rings. The van der Waals surface area contributed by atoms with E-state index in [1.54, 1.807) is 48.5 Å². The first-order valence-corrected chi connectivity index (χ1v) is 10.2. The zero-order valence-electron chi connectivity index (χ0n) is 17.2. The topological polar surface area (TPSA) is 72.4 Å². The minimum atomic E-state index is -0.583. The van der Waals surface area contributed by atoms with Crippen LogP contribution in [0.2, 0.25) is 0 Å². The van der Waals surface area contributed by atoms with Crippen LogP contribution in [0.5, 0.6) is 5.75 Å². The number of aldehydes is 1. The third-order valence-corrected chi connectivity index (χ3v) is 5.14.